The van der Waals surface area contributed by atoms with Gasteiger partial charge in [-0.05, 0) is 49.9 Å². The third-order valence-electron chi connectivity index (χ3n) is 5.75. The molecule has 1 aromatic carbocycles. The highest BCUT2D eigenvalue weighted by Gasteiger charge is 2.51. The molecule has 0 aliphatic carbocycles. The summed E-state index contributed by atoms with van der Waals surface area (Å²) in [6, 6.07) is 5.43. The van der Waals surface area contributed by atoms with E-state index in [0.717, 1.165) is 12.8 Å². The topological polar surface area (TPSA) is 125 Å². The molecule has 5 atom stereocenters. The Hall–Kier alpha value is -2.42. The van der Waals surface area contributed by atoms with Gasteiger partial charge in [-0.25, -0.2) is 0 Å². The Morgan fingerprint density at radius 2 is 1.87 bits per heavy atom. The van der Waals surface area contributed by atoms with Crippen molar-refractivity contribution in [3.8, 4) is 0 Å². The van der Waals surface area contributed by atoms with Crippen LogP contribution in [0, 0.1) is 11.8 Å². The van der Waals surface area contributed by atoms with Gasteiger partial charge in [-0.2, -0.15) is 0 Å². The second-order valence-electron chi connectivity index (χ2n) is 7.86. The van der Waals surface area contributed by atoms with Crippen LogP contribution in [0.5, 0.6) is 0 Å². The number of allylic oxidation sites excluding steroid dienone is 2. The van der Waals surface area contributed by atoms with E-state index in [2.05, 4.69) is 10.6 Å². The van der Waals surface area contributed by atoms with E-state index in [9.17, 15) is 19.5 Å². The molecule has 0 radical (unpaired) electrons. The van der Waals surface area contributed by atoms with Crippen molar-refractivity contribution < 1.29 is 29.3 Å². The molecule has 9 heteroatoms. The maximum atomic E-state index is 13.0. The largest absolute Gasteiger partial charge is 0.481 e. The number of aliphatic hydroxyl groups is 1. The molecule has 0 aromatic heterocycles. The molecule has 2 saturated heterocycles. The van der Waals surface area contributed by atoms with Crippen molar-refractivity contribution in [1.29, 1.82) is 0 Å². The van der Waals surface area contributed by atoms with E-state index in [-0.39, 0.29) is 30.5 Å². The first-order valence-corrected chi connectivity index (χ1v) is 10.8. The lowest BCUT2D eigenvalue weighted by atomic mass is 9.77. The molecule has 31 heavy (non-hydrogen) atoms. The number of fused-ring (bicyclic) bond motifs is 2. The average Bonchev–Trinajstić information content (AvgIpc) is 3.34. The quantitative estimate of drug-likeness (QED) is 0.405. The highest BCUT2D eigenvalue weighted by atomic mass is 35.5. The van der Waals surface area contributed by atoms with Gasteiger partial charge in [-0.15, -0.1) is 0 Å². The first-order valence-electron chi connectivity index (χ1n) is 10.4. The minimum atomic E-state index is -1.09. The fourth-order valence-corrected chi connectivity index (χ4v) is 4.37. The van der Waals surface area contributed by atoms with Gasteiger partial charge >= 0.3 is 5.97 Å². The molecule has 2 heterocycles. The molecule has 168 valence electrons. The second-order valence-corrected chi connectivity index (χ2v) is 8.30. The van der Waals surface area contributed by atoms with Gasteiger partial charge < -0.3 is 25.6 Å². The molecule has 2 aliphatic rings. The number of hydrogen-bond acceptors (Lipinski definition) is 5. The van der Waals surface area contributed by atoms with Gasteiger partial charge in [0.15, 0.2) is 0 Å². The van der Waals surface area contributed by atoms with Crippen molar-refractivity contribution in [3.63, 3.8) is 0 Å². The van der Waals surface area contributed by atoms with Crippen LogP contribution in [0.3, 0.4) is 0 Å². The van der Waals surface area contributed by atoms with Crippen molar-refractivity contribution in [2.75, 3.05) is 11.9 Å². The van der Waals surface area contributed by atoms with Crippen molar-refractivity contribution in [3.05, 3.63) is 41.4 Å². The number of aliphatic carboxylic acids is 1. The van der Waals surface area contributed by atoms with Crippen LogP contribution in [0.15, 0.2) is 36.4 Å². The van der Waals surface area contributed by atoms with Crippen LogP contribution in [0.1, 0.15) is 32.1 Å². The van der Waals surface area contributed by atoms with E-state index in [1.807, 2.05) is 12.2 Å². The van der Waals surface area contributed by atoms with Crippen LogP contribution in [-0.2, 0) is 19.1 Å². The molecule has 2 fully saturated rings. The summed E-state index contributed by atoms with van der Waals surface area (Å²) >= 11 is 5.84. The number of aliphatic hydroxyl groups excluding tert-OH is 1. The van der Waals surface area contributed by atoms with Gasteiger partial charge in [-0.1, -0.05) is 23.8 Å². The number of halogens is 1. The van der Waals surface area contributed by atoms with Crippen molar-refractivity contribution in [2.45, 2.75) is 50.4 Å². The van der Waals surface area contributed by atoms with Gasteiger partial charge in [0.2, 0.25) is 11.8 Å². The van der Waals surface area contributed by atoms with E-state index < -0.39 is 30.4 Å². The number of carbonyl (C=O) groups is 3. The number of rotatable bonds is 10. The van der Waals surface area contributed by atoms with Gasteiger partial charge in [-0.3, -0.25) is 14.4 Å². The molecule has 2 bridgehead atoms. The molecule has 8 nitrogen and oxygen atoms in total. The minimum absolute atomic E-state index is 0.0275. The van der Waals surface area contributed by atoms with Gasteiger partial charge in [0.05, 0.1) is 24.7 Å². The number of amides is 2. The standard InChI is InChI=1S/C22H27ClN2O6/c23-13-6-8-14(9-7-13)24-21(29)16(12-26)25-22(30)20-15(17-10-11-18(20)31-17)4-2-1-3-5-19(27)28/h1-2,6-9,15-18,20,26H,3-5,10-12H2,(H,24,29)(H,25,30)(H,27,28)/t15-,16?,17-,18+,20-/m0/s1. The van der Waals surface area contributed by atoms with Gasteiger partial charge in [0, 0.05) is 23.0 Å². The normalized spacial score (nSPS) is 25.5. The van der Waals surface area contributed by atoms with E-state index in [4.69, 9.17) is 21.4 Å². The Bertz CT molecular complexity index is 828. The van der Waals surface area contributed by atoms with Crippen LogP contribution in [0.4, 0.5) is 5.69 Å². The summed E-state index contributed by atoms with van der Waals surface area (Å²) in [5.41, 5.74) is 0.509. The summed E-state index contributed by atoms with van der Waals surface area (Å²) in [5.74, 6) is -2.15. The van der Waals surface area contributed by atoms with Crippen LogP contribution < -0.4 is 10.6 Å². The zero-order chi connectivity index (χ0) is 22.4. The van der Waals surface area contributed by atoms with Crippen molar-refractivity contribution in [2.24, 2.45) is 11.8 Å². The monoisotopic (exact) mass is 450 g/mol. The Balaban J connectivity index is 1.58. The molecule has 1 unspecified atom stereocenters. The highest BCUT2D eigenvalue weighted by molar-refractivity contribution is 6.30. The third kappa shape index (κ3) is 6.06. The number of ether oxygens (including phenoxy) is 1. The van der Waals surface area contributed by atoms with E-state index in [1.54, 1.807) is 24.3 Å². The summed E-state index contributed by atoms with van der Waals surface area (Å²) in [7, 11) is 0. The molecule has 4 N–H and O–H groups in total. The number of carbonyl (C=O) groups excluding carboxylic acids is 2. The van der Waals surface area contributed by atoms with E-state index >= 15 is 0 Å². The summed E-state index contributed by atoms with van der Waals surface area (Å²) < 4.78 is 5.93. The first-order chi connectivity index (χ1) is 14.9. The number of hydrogen-bond donors (Lipinski definition) is 4. The van der Waals surface area contributed by atoms with E-state index in [0.29, 0.717) is 23.6 Å². The molecular weight excluding hydrogens is 424 g/mol. The fraction of sp³-hybridized carbons (Fsp3) is 0.500. The summed E-state index contributed by atoms with van der Waals surface area (Å²) in [4.78, 5) is 36.1. The summed E-state index contributed by atoms with van der Waals surface area (Å²) in [6.07, 6.45) is 6.23. The van der Waals surface area contributed by atoms with Crippen LogP contribution in [0.2, 0.25) is 5.02 Å². The zero-order valence-electron chi connectivity index (χ0n) is 17.0. The molecule has 3 rings (SSSR count). The van der Waals surface area contributed by atoms with Crippen LogP contribution in [-0.4, -0.2) is 52.9 Å². The maximum Gasteiger partial charge on any atom is 0.303 e. The van der Waals surface area contributed by atoms with Gasteiger partial charge in [0.1, 0.15) is 6.04 Å². The maximum absolute atomic E-state index is 13.0. The number of anilines is 1. The number of carboxylic acid groups (broad SMARTS) is 1. The molecule has 0 saturated carbocycles. The average molecular weight is 451 g/mol. The SMILES string of the molecule is O=C(O)CCC=CC[C@@H]1[C@H](C(=O)NC(CO)C(=O)Nc2ccc(Cl)cc2)[C@H]2CC[C@@H]1O2. The lowest BCUT2D eigenvalue weighted by Gasteiger charge is -2.28. The Labute approximate surface area is 185 Å². The number of carboxylic acids is 1. The molecular formula is C22H27ClN2O6. The predicted octanol–water partition coefficient (Wildman–Crippen LogP) is 2.36. The predicted molar refractivity (Wildman–Crippen MR) is 115 cm³/mol. The summed E-state index contributed by atoms with van der Waals surface area (Å²) in [6.45, 7) is -0.535. The second kappa shape index (κ2) is 10.7. The smallest absolute Gasteiger partial charge is 0.303 e. The first kappa shape index (κ1) is 23.2. The molecule has 2 aliphatic heterocycles. The number of benzene rings is 1. The number of nitrogens with one attached hydrogen (secondary N) is 2. The minimum Gasteiger partial charge on any atom is -0.481 e. The molecule has 0 spiro atoms. The Kier molecular flexibility index (Phi) is 8.06. The van der Waals surface area contributed by atoms with E-state index in [1.165, 1.54) is 0 Å². The zero-order valence-corrected chi connectivity index (χ0v) is 17.8. The van der Waals surface area contributed by atoms with Crippen molar-refractivity contribution >= 4 is 35.1 Å². The van der Waals surface area contributed by atoms with Crippen molar-refractivity contribution in [1.82, 2.24) is 5.32 Å². The Morgan fingerprint density at radius 3 is 2.55 bits per heavy atom. The fourth-order valence-electron chi connectivity index (χ4n) is 4.24. The van der Waals surface area contributed by atoms with Crippen LogP contribution in [0.25, 0.3) is 0 Å². The highest BCUT2D eigenvalue weighted by Crippen LogP contribution is 2.45. The lowest BCUT2D eigenvalue weighted by molar-refractivity contribution is -0.137. The Morgan fingerprint density at radius 1 is 1.16 bits per heavy atom. The summed E-state index contributed by atoms with van der Waals surface area (Å²) in [5, 5.41) is 24.2. The molecule has 1 aromatic rings. The van der Waals surface area contributed by atoms with Crippen LogP contribution >= 0.6 is 11.6 Å². The van der Waals surface area contributed by atoms with Gasteiger partial charge in [0.25, 0.3) is 0 Å². The third-order valence-corrected chi connectivity index (χ3v) is 6.01. The molecule has 2 amide bonds. The lowest BCUT2D eigenvalue weighted by Crippen LogP contribution is -2.51.